The van der Waals surface area contributed by atoms with Crippen LogP contribution < -0.4 is 5.48 Å². The molecule has 1 aromatic rings. The molecule has 0 fully saturated rings. The zero-order valence-electron chi connectivity index (χ0n) is 9.61. The van der Waals surface area contributed by atoms with Crippen molar-refractivity contribution in [3.05, 3.63) is 34.4 Å². The number of carbonyl (C=O) groups excluding carboxylic acids is 1. The van der Waals surface area contributed by atoms with Crippen LogP contribution in [-0.4, -0.2) is 11.5 Å². The van der Waals surface area contributed by atoms with Gasteiger partial charge in [-0.3, -0.25) is 9.63 Å². The third-order valence-electron chi connectivity index (χ3n) is 1.70. The molecule has 0 heterocycles. The van der Waals surface area contributed by atoms with Crippen molar-refractivity contribution >= 4 is 17.5 Å². The van der Waals surface area contributed by atoms with Gasteiger partial charge in [-0.15, -0.1) is 0 Å². The lowest BCUT2D eigenvalue weighted by Crippen LogP contribution is -2.34. The molecule has 94 valence electrons. The number of amides is 1. The summed E-state index contributed by atoms with van der Waals surface area (Å²) in [5.41, 5.74) is 0.948. The van der Waals surface area contributed by atoms with E-state index < -0.39 is 28.7 Å². The highest BCUT2D eigenvalue weighted by Gasteiger charge is 2.18. The summed E-state index contributed by atoms with van der Waals surface area (Å²) in [6, 6.07) is 1.46. The molecule has 0 aliphatic rings. The second-order valence-electron chi connectivity index (χ2n) is 4.39. The van der Waals surface area contributed by atoms with Gasteiger partial charge in [0.15, 0.2) is 0 Å². The molecule has 0 aliphatic carbocycles. The monoisotopic (exact) mass is 263 g/mol. The van der Waals surface area contributed by atoms with Gasteiger partial charge < -0.3 is 0 Å². The largest absolute Gasteiger partial charge is 0.277 e. The predicted octanol–water partition coefficient (Wildman–Crippen LogP) is 3.08. The first kappa shape index (κ1) is 13.9. The summed E-state index contributed by atoms with van der Waals surface area (Å²) in [6.07, 6.45) is 0. The molecule has 0 spiro atoms. The number of benzene rings is 1. The van der Waals surface area contributed by atoms with Gasteiger partial charge in [0.25, 0.3) is 5.91 Å². The molecule has 0 aliphatic heterocycles. The van der Waals surface area contributed by atoms with E-state index in [2.05, 4.69) is 0 Å². The molecule has 0 saturated heterocycles. The topological polar surface area (TPSA) is 38.3 Å². The number of hydrogen-bond donors (Lipinski definition) is 1. The molecule has 0 unspecified atom stereocenters. The molecule has 1 rings (SSSR count). The Labute approximate surface area is 103 Å². The van der Waals surface area contributed by atoms with Gasteiger partial charge >= 0.3 is 0 Å². The van der Waals surface area contributed by atoms with Gasteiger partial charge in [-0.25, -0.2) is 14.3 Å². The highest BCUT2D eigenvalue weighted by atomic mass is 35.5. The van der Waals surface area contributed by atoms with E-state index >= 15 is 0 Å². The van der Waals surface area contributed by atoms with Gasteiger partial charge in [0.1, 0.15) is 11.6 Å². The van der Waals surface area contributed by atoms with Crippen LogP contribution in [0, 0.1) is 11.6 Å². The number of hydroxylamine groups is 1. The Morgan fingerprint density at radius 2 is 1.88 bits per heavy atom. The van der Waals surface area contributed by atoms with Gasteiger partial charge in [0.05, 0.1) is 16.2 Å². The van der Waals surface area contributed by atoms with Crippen molar-refractivity contribution in [2.45, 2.75) is 26.4 Å². The number of rotatable bonds is 2. The van der Waals surface area contributed by atoms with Crippen LogP contribution in [0.15, 0.2) is 12.1 Å². The van der Waals surface area contributed by atoms with Crippen molar-refractivity contribution < 1.29 is 18.4 Å². The average Bonchev–Trinajstić information content (AvgIpc) is 2.19. The summed E-state index contributed by atoms with van der Waals surface area (Å²) in [5, 5.41) is -0.379. The summed E-state index contributed by atoms with van der Waals surface area (Å²) < 4.78 is 26.4. The number of nitrogens with one attached hydrogen (secondary N) is 1. The summed E-state index contributed by atoms with van der Waals surface area (Å²) in [5.74, 6) is -2.65. The first-order valence-corrected chi connectivity index (χ1v) is 5.21. The minimum absolute atomic E-state index is 0.379. The van der Waals surface area contributed by atoms with Crippen LogP contribution in [0.5, 0.6) is 0 Å². The number of carbonyl (C=O) groups is 1. The fourth-order valence-electron chi connectivity index (χ4n) is 0.951. The summed E-state index contributed by atoms with van der Waals surface area (Å²) >= 11 is 5.36. The van der Waals surface area contributed by atoms with E-state index in [1.165, 1.54) is 0 Å². The first-order valence-electron chi connectivity index (χ1n) is 4.83. The lowest BCUT2D eigenvalue weighted by molar-refractivity contribution is -0.0591. The lowest BCUT2D eigenvalue weighted by atomic mass is 10.2. The molecule has 0 radical (unpaired) electrons. The maximum absolute atomic E-state index is 13.3. The van der Waals surface area contributed by atoms with E-state index in [0.29, 0.717) is 0 Å². The van der Waals surface area contributed by atoms with Gasteiger partial charge in [-0.05, 0) is 32.9 Å². The zero-order valence-corrected chi connectivity index (χ0v) is 10.4. The molecule has 17 heavy (non-hydrogen) atoms. The van der Waals surface area contributed by atoms with E-state index in [1.807, 2.05) is 5.48 Å². The Bertz CT molecular complexity index is 444. The number of halogens is 3. The third-order valence-corrected chi connectivity index (χ3v) is 1.99. The highest BCUT2D eigenvalue weighted by molar-refractivity contribution is 6.30. The summed E-state index contributed by atoms with van der Waals surface area (Å²) in [7, 11) is 0. The standard InChI is InChI=1S/C11H12ClF2NO2/c1-11(2,3)17-15-10(16)6-4-9(14)7(12)5-8(6)13/h4-5H,1-3H3,(H,15,16). The smallest absolute Gasteiger partial charge is 0.268 e. The van der Waals surface area contributed by atoms with Crippen LogP contribution in [0.4, 0.5) is 8.78 Å². The van der Waals surface area contributed by atoms with Crippen LogP contribution in [0.3, 0.4) is 0 Å². The molecule has 3 nitrogen and oxygen atoms in total. The molecular weight excluding hydrogens is 252 g/mol. The normalized spacial score (nSPS) is 11.4. The van der Waals surface area contributed by atoms with Crippen molar-refractivity contribution in [1.29, 1.82) is 0 Å². The highest BCUT2D eigenvalue weighted by Crippen LogP contribution is 2.19. The van der Waals surface area contributed by atoms with E-state index in [-0.39, 0.29) is 5.02 Å². The molecule has 0 atom stereocenters. The second kappa shape index (κ2) is 4.98. The molecule has 1 N–H and O–H groups in total. The van der Waals surface area contributed by atoms with Crippen molar-refractivity contribution in [2.75, 3.05) is 0 Å². The van der Waals surface area contributed by atoms with Crippen LogP contribution in [0.2, 0.25) is 5.02 Å². The Morgan fingerprint density at radius 1 is 1.29 bits per heavy atom. The van der Waals surface area contributed by atoms with Crippen molar-refractivity contribution in [2.24, 2.45) is 0 Å². The minimum Gasteiger partial charge on any atom is -0.268 e. The fourth-order valence-corrected chi connectivity index (χ4v) is 1.10. The molecule has 0 saturated carbocycles. The average molecular weight is 264 g/mol. The van der Waals surface area contributed by atoms with Crippen LogP contribution in [0.25, 0.3) is 0 Å². The molecule has 1 aromatic carbocycles. The van der Waals surface area contributed by atoms with Gasteiger partial charge in [-0.1, -0.05) is 11.6 Å². The molecular formula is C11H12ClF2NO2. The maximum atomic E-state index is 13.3. The second-order valence-corrected chi connectivity index (χ2v) is 4.80. The van der Waals surface area contributed by atoms with E-state index in [1.54, 1.807) is 20.8 Å². The van der Waals surface area contributed by atoms with Crippen LogP contribution >= 0.6 is 11.6 Å². The zero-order chi connectivity index (χ0) is 13.2. The van der Waals surface area contributed by atoms with Crippen LogP contribution in [-0.2, 0) is 4.84 Å². The van der Waals surface area contributed by atoms with Gasteiger partial charge in [0.2, 0.25) is 0 Å². The Kier molecular flexibility index (Phi) is 4.06. The molecule has 6 heteroatoms. The van der Waals surface area contributed by atoms with E-state index in [0.717, 1.165) is 12.1 Å². The Balaban J connectivity index is 2.86. The summed E-state index contributed by atoms with van der Waals surface area (Å²) in [4.78, 5) is 16.4. The van der Waals surface area contributed by atoms with Crippen molar-refractivity contribution in [3.8, 4) is 0 Å². The van der Waals surface area contributed by atoms with Crippen LogP contribution in [0.1, 0.15) is 31.1 Å². The third kappa shape index (κ3) is 3.94. The van der Waals surface area contributed by atoms with Crippen molar-refractivity contribution in [1.82, 2.24) is 5.48 Å². The van der Waals surface area contributed by atoms with Crippen molar-refractivity contribution in [3.63, 3.8) is 0 Å². The lowest BCUT2D eigenvalue weighted by Gasteiger charge is -2.19. The quantitative estimate of drug-likeness (QED) is 0.658. The van der Waals surface area contributed by atoms with Gasteiger partial charge in [-0.2, -0.15) is 0 Å². The first-order chi connectivity index (χ1) is 7.70. The summed E-state index contributed by atoms with van der Waals surface area (Å²) in [6.45, 7) is 5.10. The Hall–Kier alpha value is -1.20. The minimum atomic E-state index is -0.911. The van der Waals surface area contributed by atoms with E-state index in [9.17, 15) is 13.6 Å². The Morgan fingerprint density at radius 3 is 2.41 bits per heavy atom. The SMILES string of the molecule is CC(C)(C)ONC(=O)c1cc(F)c(Cl)cc1F. The number of hydrogen-bond acceptors (Lipinski definition) is 2. The molecule has 0 bridgehead atoms. The maximum Gasteiger partial charge on any atom is 0.277 e. The van der Waals surface area contributed by atoms with Gasteiger partial charge in [0, 0.05) is 0 Å². The fraction of sp³-hybridized carbons (Fsp3) is 0.364. The van der Waals surface area contributed by atoms with E-state index in [4.69, 9.17) is 16.4 Å². The molecule has 0 aromatic heterocycles. The predicted molar refractivity (Wildman–Crippen MR) is 59.7 cm³/mol. The molecule has 1 amide bonds.